The van der Waals surface area contributed by atoms with Crippen molar-refractivity contribution in [2.75, 3.05) is 6.54 Å². The van der Waals surface area contributed by atoms with Crippen LogP contribution in [-0.4, -0.2) is 39.2 Å². The standard InChI is InChI=1S/C13H19N3O3/c1-3-10-5-4-9(2)15(10)8-13(17)12-6-11(7-14-12)16(18)19/h6-7,9-10,14H,3-5,8H2,1-2H3. The van der Waals surface area contributed by atoms with Crippen molar-refractivity contribution in [3.8, 4) is 0 Å². The van der Waals surface area contributed by atoms with Gasteiger partial charge in [-0.05, 0) is 26.2 Å². The van der Waals surface area contributed by atoms with E-state index in [0.29, 0.717) is 24.3 Å². The lowest BCUT2D eigenvalue weighted by atomic mass is 10.1. The van der Waals surface area contributed by atoms with Crippen LogP contribution in [0.2, 0.25) is 0 Å². The van der Waals surface area contributed by atoms with Gasteiger partial charge in [0, 0.05) is 18.2 Å². The van der Waals surface area contributed by atoms with Gasteiger partial charge in [0.2, 0.25) is 0 Å². The second kappa shape index (κ2) is 5.52. The summed E-state index contributed by atoms with van der Waals surface area (Å²) in [5.41, 5.74) is 0.255. The molecule has 0 bridgehead atoms. The van der Waals surface area contributed by atoms with Gasteiger partial charge in [0.25, 0.3) is 5.69 Å². The number of aromatic nitrogens is 1. The maximum absolute atomic E-state index is 12.1. The molecule has 0 aliphatic carbocycles. The van der Waals surface area contributed by atoms with Crippen LogP contribution in [0.5, 0.6) is 0 Å². The highest BCUT2D eigenvalue weighted by Gasteiger charge is 2.31. The smallest absolute Gasteiger partial charge is 0.287 e. The summed E-state index contributed by atoms with van der Waals surface area (Å²) in [5.74, 6) is -0.0831. The van der Waals surface area contributed by atoms with Crippen molar-refractivity contribution in [3.63, 3.8) is 0 Å². The molecule has 2 rings (SSSR count). The molecule has 0 amide bonds. The lowest BCUT2D eigenvalue weighted by Crippen LogP contribution is -2.38. The molecule has 2 unspecified atom stereocenters. The van der Waals surface area contributed by atoms with Crippen LogP contribution in [0.3, 0.4) is 0 Å². The monoisotopic (exact) mass is 265 g/mol. The predicted molar refractivity (Wildman–Crippen MR) is 71.3 cm³/mol. The van der Waals surface area contributed by atoms with Crippen molar-refractivity contribution in [3.05, 3.63) is 28.1 Å². The minimum atomic E-state index is -0.499. The molecule has 1 N–H and O–H groups in total. The number of ketones is 1. The Morgan fingerprint density at radius 3 is 2.89 bits per heavy atom. The molecule has 1 aromatic rings. The Morgan fingerprint density at radius 1 is 1.58 bits per heavy atom. The van der Waals surface area contributed by atoms with E-state index in [9.17, 15) is 14.9 Å². The number of carbonyl (C=O) groups excluding carboxylic acids is 1. The van der Waals surface area contributed by atoms with Gasteiger partial charge in [0.05, 0.1) is 23.4 Å². The molecule has 2 heterocycles. The lowest BCUT2D eigenvalue weighted by molar-refractivity contribution is -0.384. The largest absolute Gasteiger partial charge is 0.353 e. The summed E-state index contributed by atoms with van der Waals surface area (Å²) in [5, 5.41) is 10.6. The lowest BCUT2D eigenvalue weighted by Gasteiger charge is -2.26. The number of Topliss-reactive ketones (excluding diaryl/α,β-unsaturated/α-hetero) is 1. The molecule has 104 valence electrons. The average Bonchev–Trinajstić information content (AvgIpc) is 2.97. The Morgan fingerprint density at radius 2 is 2.32 bits per heavy atom. The Bertz CT molecular complexity index is 483. The van der Waals surface area contributed by atoms with E-state index in [4.69, 9.17) is 0 Å². The predicted octanol–water partition coefficient (Wildman–Crippen LogP) is 2.37. The van der Waals surface area contributed by atoms with E-state index in [0.717, 1.165) is 19.3 Å². The number of nitrogens with zero attached hydrogens (tertiary/aromatic N) is 2. The summed E-state index contributed by atoms with van der Waals surface area (Å²) < 4.78 is 0. The maximum atomic E-state index is 12.1. The van der Waals surface area contributed by atoms with Crippen molar-refractivity contribution in [2.45, 2.75) is 45.2 Å². The Kier molecular flexibility index (Phi) is 3.99. The number of H-pyrrole nitrogens is 1. The van der Waals surface area contributed by atoms with E-state index < -0.39 is 4.92 Å². The highest BCUT2D eigenvalue weighted by Crippen LogP contribution is 2.26. The van der Waals surface area contributed by atoms with Crippen molar-refractivity contribution < 1.29 is 9.72 Å². The fourth-order valence-electron chi connectivity index (χ4n) is 2.75. The molecule has 19 heavy (non-hydrogen) atoms. The Balaban J connectivity index is 2.05. The number of aromatic amines is 1. The first-order valence-corrected chi connectivity index (χ1v) is 6.64. The van der Waals surface area contributed by atoms with E-state index in [-0.39, 0.29) is 11.5 Å². The van der Waals surface area contributed by atoms with E-state index in [2.05, 4.69) is 23.7 Å². The summed E-state index contributed by atoms with van der Waals surface area (Å²) in [7, 11) is 0. The van der Waals surface area contributed by atoms with Crippen molar-refractivity contribution >= 4 is 11.5 Å². The summed E-state index contributed by atoms with van der Waals surface area (Å²) in [4.78, 5) is 27.1. The molecular weight excluding hydrogens is 246 g/mol. The van der Waals surface area contributed by atoms with Gasteiger partial charge in [-0.1, -0.05) is 6.92 Å². The van der Waals surface area contributed by atoms with Crippen LogP contribution < -0.4 is 0 Å². The van der Waals surface area contributed by atoms with Gasteiger partial charge in [0.15, 0.2) is 5.78 Å². The normalized spacial score (nSPS) is 23.7. The number of nitrogens with one attached hydrogen (secondary N) is 1. The van der Waals surface area contributed by atoms with Crippen LogP contribution in [0, 0.1) is 10.1 Å². The topological polar surface area (TPSA) is 79.2 Å². The summed E-state index contributed by atoms with van der Waals surface area (Å²) >= 11 is 0. The zero-order chi connectivity index (χ0) is 14.0. The van der Waals surface area contributed by atoms with E-state index in [1.807, 2.05) is 0 Å². The van der Waals surface area contributed by atoms with Crippen molar-refractivity contribution in [1.82, 2.24) is 9.88 Å². The molecule has 1 aliphatic heterocycles. The molecule has 0 radical (unpaired) electrons. The molecule has 0 spiro atoms. The third kappa shape index (κ3) is 2.84. The number of rotatable bonds is 5. The molecule has 1 fully saturated rings. The van der Waals surface area contributed by atoms with E-state index >= 15 is 0 Å². The second-order valence-electron chi connectivity index (χ2n) is 5.11. The van der Waals surface area contributed by atoms with Gasteiger partial charge in [-0.25, -0.2) is 0 Å². The van der Waals surface area contributed by atoms with Gasteiger partial charge >= 0.3 is 0 Å². The van der Waals surface area contributed by atoms with Gasteiger partial charge in [0.1, 0.15) is 0 Å². The minimum Gasteiger partial charge on any atom is -0.353 e. The molecule has 1 saturated heterocycles. The van der Waals surface area contributed by atoms with E-state index in [1.54, 1.807) is 0 Å². The molecule has 6 nitrogen and oxygen atoms in total. The van der Waals surface area contributed by atoms with Gasteiger partial charge < -0.3 is 4.98 Å². The van der Waals surface area contributed by atoms with Gasteiger partial charge in [-0.3, -0.25) is 19.8 Å². The van der Waals surface area contributed by atoms with Crippen LogP contribution in [-0.2, 0) is 0 Å². The Labute approximate surface area is 111 Å². The first-order chi connectivity index (χ1) is 9.02. The third-order valence-electron chi connectivity index (χ3n) is 3.93. The number of hydrogen-bond donors (Lipinski definition) is 1. The van der Waals surface area contributed by atoms with Crippen molar-refractivity contribution in [1.29, 1.82) is 0 Å². The summed E-state index contributed by atoms with van der Waals surface area (Å²) in [6.45, 7) is 4.58. The Hall–Kier alpha value is -1.69. The first kappa shape index (κ1) is 13.7. The van der Waals surface area contributed by atoms with Gasteiger partial charge in [-0.2, -0.15) is 0 Å². The van der Waals surface area contributed by atoms with Gasteiger partial charge in [-0.15, -0.1) is 0 Å². The third-order valence-corrected chi connectivity index (χ3v) is 3.93. The zero-order valence-electron chi connectivity index (χ0n) is 11.3. The fraction of sp³-hybridized carbons (Fsp3) is 0.615. The number of hydrogen-bond acceptors (Lipinski definition) is 4. The highest BCUT2D eigenvalue weighted by molar-refractivity contribution is 5.96. The SMILES string of the molecule is CCC1CCC(C)N1CC(=O)c1cc([N+](=O)[O-])c[nH]1. The number of carbonyl (C=O) groups is 1. The van der Waals surface area contributed by atoms with Crippen LogP contribution in [0.25, 0.3) is 0 Å². The molecule has 2 atom stereocenters. The number of likely N-dealkylation sites (tertiary alicyclic amines) is 1. The average molecular weight is 265 g/mol. The molecule has 0 aromatic carbocycles. The van der Waals surface area contributed by atoms with E-state index in [1.165, 1.54) is 12.3 Å². The fourth-order valence-corrected chi connectivity index (χ4v) is 2.75. The summed E-state index contributed by atoms with van der Waals surface area (Å²) in [6.07, 6.45) is 4.52. The van der Waals surface area contributed by atoms with Crippen molar-refractivity contribution in [2.24, 2.45) is 0 Å². The van der Waals surface area contributed by atoms with Crippen LogP contribution in [0.4, 0.5) is 5.69 Å². The second-order valence-corrected chi connectivity index (χ2v) is 5.11. The number of nitro groups is 1. The van der Waals surface area contributed by atoms with Crippen LogP contribution in [0.15, 0.2) is 12.3 Å². The summed E-state index contributed by atoms with van der Waals surface area (Å²) in [6, 6.07) is 2.16. The minimum absolute atomic E-state index is 0.0649. The zero-order valence-corrected chi connectivity index (χ0v) is 11.3. The first-order valence-electron chi connectivity index (χ1n) is 6.64. The molecule has 1 aliphatic rings. The maximum Gasteiger partial charge on any atom is 0.287 e. The molecular formula is C13H19N3O3. The molecule has 6 heteroatoms. The van der Waals surface area contributed by atoms with Crippen LogP contribution >= 0.6 is 0 Å². The molecule has 0 saturated carbocycles. The van der Waals surface area contributed by atoms with Crippen LogP contribution in [0.1, 0.15) is 43.6 Å². The molecule has 1 aromatic heterocycles. The highest BCUT2D eigenvalue weighted by atomic mass is 16.6. The quantitative estimate of drug-likeness (QED) is 0.503.